The number of rotatable bonds is 1. The minimum absolute atomic E-state index is 0.000880. The van der Waals surface area contributed by atoms with Gasteiger partial charge in [0.05, 0.1) is 12.8 Å². The molecule has 0 radical (unpaired) electrons. The van der Waals surface area contributed by atoms with E-state index >= 15 is 0 Å². The Labute approximate surface area is 74.5 Å². The standard InChI is InChI=1S/C7H8N4O2/c1-2-13-7(12)11-6(9)5(3-8)4-10-11/h4H,2,9H2,1H3. The Morgan fingerprint density at radius 2 is 2.62 bits per heavy atom. The third-order valence-corrected chi connectivity index (χ3v) is 1.37. The first kappa shape index (κ1) is 9.06. The van der Waals surface area contributed by atoms with Crippen LogP contribution in [0.1, 0.15) is 12.5 Å². The maximum atomic E-state index is 11.1. The van der Waals surface area contributed by atoms with Crippen molar-refractivity contribution in [1.82, 2.24) is 9.78 Å². The molecule has 2 N–H and O–H groups in total. The molecule has 1 rings (SSSR count). The number of nitrogen functional groups attached to an aromatic ring is 1. The topological polar surface area (TPSA) is 93.9 Å². The average Bonchev–Trinajstić information content (AvgIpc) is 2.47. The summed E-state index contributed by atoms with van der Waals surface area (Å²) in [4.78, 5) is 11.1. The van der Waals surface area contributed by atoms with E-state index in [9.17, 15) is 4.79 Å². The van der Waals surface area contributed by atoms with Gasteiger partial charge in [0, 0.05) is 0 Å². The Kier molecular flexibility index (Phi) is 2.50. The molecule has 0 saturated carbocycles. The van der Waals surface area contributed by atoms with Crippen LogP contribution in [-0.4, -0.2) is 22.5 Å². The van der Waals surface area contributed by atoms with E-state index in [0.29, 0.717) is 0 Å². The number of ether oxygens (including phenoxy) is 1. The van der Waals surface area contributed by atoms with Gasteiger partial charge in [-0.3, -0.25) is 0 Å². The summed E-state index contributed by atoms with van der Waals surface area (Å²) in [5.41, 5.74) is 5.58. The highest BCUT2D eigenvalue weighted by Crippen LogP contribution is 2.08. The average molecular weight is 180 g/mol. The number of nitrogens with two attached hydrogens (primary N) is 1. The van der Waals surface area contributed by atoms with Crippen LogP contribution in [0.5, 0.6) is 0 Å². The SMILES string of the molecule is CCOC(=O)n1ncc(C#N)c1N. The molecule has 6 heteroatoms. The zero-order chi connectivity index (χ0) is 9.84. The normalized spacial score (nSPS) is 9.23. The molecular formula is C7H8N4O2. The smallest absolute Gasteiger partial charge is 0.436 e. The molecule has 6 nitrogen and oxygen atoms in total. The van der Waals surface area contributed by atoms with Gasteiger partial charge in [0.15, 0.2) is 5.82 Å². The first-order valence-corrected chi connectivity index (χ1v) is 3.61. The third-order valence-electron chi connectivity index (χ3n) is 1.37. The van der Waals surface area contributed by atoms with E-state index in [-0.39, 0.29) is 18.0 Å². The van der Waals surface area contributed by atoms with Crippen molar-refractivity contribution in [2.45, 2.75) is 6.92 Å². The Balaban J connectivity index is 2.97. The number of hydrogen-bond donors (Lipinski definition) is 1. The van der Waals surface area contributed by atoms with Crippen LogP contribution in [0.25, 0.3) is 0 Å². The van der Waals surface area contributed by atoms with Crippen molar-refractivity contribution >= 4 is 11.9 Å². The molecule has 0 amide bonds. The number of carbonyl (C=O) groups excluding carboxylic acids is 1. The van der Waals surface area contributed by atoms with Crippen LogP contribution in [0.15, 0.2) is 6.20 Å². The lowest BCUT2D eigenvalue weighted by Gasteiger charge is -2.01. The van der Waals surface area contributed by atoms with Crippen LogP contribution in [0.2, 0.25) is 0 Å². The van der Waals surface area contributed by atoms with Crippen LogP contribution in [0.4, 0.5) is 10.6 Å². The molecule has 0 atom stereocenters. The Morgan fingerprint density at radius 1 is 1.92 bits per heavy atom. The summed E-state index contributed by atoms with van der Waals surface area (Å²) in [7, 11) is 0. The van der Waals surface area contributed by atoms with Crippen molar-refractivity contribution in [2.75, 3.05) is 12.3 Å². The number of aromatic nitrogens is 2. The molecule has 13 heavy (non-hydrogen) atoms. The second-order valence-corrected chi connectivity index (χ2v) is 2.17. The Morgan fingerprint density at radius 3 is 3.08 bits per heavy atom. The van der Waals surface area contributed by atoms with Crippen molar-refractivity contribution in [3.05, 3.63) is 11.8 Å². The van der Waals surface area contributed by atoms with Gasteiger partial charge in [-0.2, -0.15) is 10.4 Å². The van der Waals surface area contributed by atoms with Crippen LogP contribution in [-0.2, 0) is 4.74 Å². The fourth-order valence-corrected chi connectivity index (χ4v) is 0.774. The van der Waals surface area contributed by atoms with E-state index in [0.717, 1.165) is 4.68 Å². The van der Waals surface area contributed by atoms with E-state index in [2.05, 4.69) is 9.84 Å². The molecule has 0 unspecified atom stereocenters. The van der Waals surface area contributed by atoms with Crippen molar-refractivity contribution in [2.24, 2.45) is 0 Å². The molecule has 0 fully saturated rings. The summed E-state index contributed by atoms with van der Waals surface area (Å²) in [5.74, 6) is 0.000880. The maximum absolute atomic E-state index is 11.1. The fourth-order valence-electron chi connectivity index (χ4n) is 0.774. The zero-order valence-electron chi connectivity index (χ0n) is 7.02. The summed E-state index contributed by atoms with van der Waals surface area (Å²) in [5, 5.41) is 12.1. The quantitative estimate of drug-likeness (QED) is 0.672. The first-order chi connectivity index (χ1) is 6.20. The van der Waals surface area contributed by atoms with Crippen molar-refractivity contribution in [3.63, 3.8) is 0 Å². The van der Waals surface area contributed by atoms with E-state index in [1.165, 1.54) is 6.20 Å². The molecule has 1 aromatic heterocycles. The largest absolute Gasteiger partial charge is 0.448 e. The minimum Gasteiger partial charge on any atom is -0.448 e. The van der Waals surface area contributed by atoms with Gasteiger partial charge in [0.1, 0.15) is 11.6 Å². The van der Waals surface area contributed by atoms with Gasteiger partial charge in [0.2, 0.25) is 0 Å². The van der Waals surface area contributed by atoms with Crippen LogP contribution >= 0.6 is 0 Å². The first-order valence-electron chi connectivity index (χ1n) is 3.61. The predicted molar refractivity (Wildman–Crippen MR) is 43.8 cm³/mol. The van der Waals surface area contributed by atoms with E-state index in [4.69, 9.17) is 11.0 Å². The predicted octanol–water partition coefficient (Wildman–Crippen LogP) is 0.342. The highest BCUT2D eigenvalue weighted by atomic mass is 16.5. The van der Waals surface area contributed by atoms with E-state index < -0.39 is 6.09 Å². The van der Waals surface area contributed by atoms with Gasteiger partial charge in [-0.15, -0.1) is 4.68 Å². The summed E-state index contributed by atoms with van der Waals surface area (Å²) in [6.07, 6.45) is 0.535. The van der Waals surface area contributed by atoms with Crippen LogP contribution in [0, 0.1) is 11.3 Å². The lowest BCUT2D eigenvalue weighted by atomic mass is 10.4. The second kappa shape index (κ2) is 3.58. The van der Waals surface area contributed by atoms with E-state index in [1.807, 2.05) is 0 Å². The highest BCUT2D eigenvalue weighted by molar-refractivity contribution is 5.74. The van der Waals surface area contributed by atoms with Gasteiger partial charge >= 0.3 is 6.09 Å². The van der Waals surface area contributed by atoms with Gasteiger partial charge in [0.25, 0.3) is 0 Å². The van der Waals surface area contributed by atoms with Crippen LogP contribution in [0.3, 0.4) is 0 Å². The number of nitrogens with zero attached hydrogens (tertiary/aromatic N) is 3. The molecule has 68 valence electrons. The highest BCUT2D eigenvalue weighted by Gasteiger charge is 2.13. The summed E-state index contributed by atoms with van der Waals surface area (Å²) >= 11 is 0. The maximum Gasteiger partial charge on any atom is 0.436 e. The summed E-state index contributed by atoms with van der Waals surface area (Å²) < 4.78 is 5.49. The molecule has 1 heterocycles. The molecule has 0 saturated heterocycles. The van der Waals surface area contributed by atoms with Crippen LogP contribution < -0.4 is 5.73 Å². The lowest BCUT2D eigenvalue weighted by Crippen LogP contribution is -2.17. The van der Waals surface area contributed by atoms with Crippen molar-refractivity contribution in [3.8, 4) is 6.07 Å². The lowest BCUT2D eigenvalue weighted by molar-refractivity contribution is 0.151. The van der Waals surface area contributed by atoms with Gasteiger partial charge < -0.3 is 10.5 Å². The zero-order valence-corrected chi connectivity index (χ0v) is 7.02. The monoisotopic (exact) mass is 180 g/mol. The Bertz CT molecular complexity index is 363. The molecule has 0 spiro atoms. The minimum atomic E-state index is -0.679. The van der Waals surface area contributed by atoms with Crippen molar-refractivity contribution in [1.29, 1.82) is 5.26 Å². The van der Waals surface area contributed by atoms with Gasteiger partial charge in [-0.1, -0.05) is 0 Å². The third kappa shape index (κ3) is 1.59. The molecular weight excluding hydrogens is 172 g/mol. The number of hydrogen-bond acceptors (Lipinski definition) is 5. The molecule has 0 aromatic carbocycles. The fraction of sp³-hybridized carbons (Fsp3) is 0.286. The summed E-state index contributed by atoms with van der Waals surface area (Å²) in [6.45, 7) is 1.91. The molecule has 0 bridgehead atoms. The number of carbonyl (C=O) groups is 1. The van der Waals surface area contributed by atoms with Crippen molar-refractivity contribution < 1.29 is 9.53 Å². The number of anilines is 1. The van der Waals surface area contributed by atoms with E-state index in [1.54, 1.807) is 13.0 Å². The molecule has 0 aliphatic carbocycles. The molecule has 0 aliphatic heterocycles. The Hall–Kier alpha value is -2.03. The second-order valence-electron chi connectivity index (χ2n) is 2.17. The molecule has 0 aliphatic rings. The number of nitriles is 1. The van der Waals surface area contributed by atoms with Gasteiger partial charge in [-0.25, -0.2) is 4.79 Å². The molecule has 1 aromatic rings. The summed E-state index contributed by atoms with van der Waals surface area (Å²) in [6, 6.07) is 1.80. The van der Waals surface area contributed by atoms with Gasteiger partial charge in [-0.05, 0) is 6.92 Å².